The molecule has 0 radical (unpaired) electrons. The molecule has 0 spiro atoms. The van der Waals surface area contributed by atoms with Gasteiger partial charge in [0.1, 0.15) is 11.3 Å². The van der Waals surface area contributed by atoms with Gasteiger partial charge < -0.3 is 15.3 Å². The van der Waals surface area contributed by atoms with Gasteiger partial charge in [0.2, 0.25) is 0 Å². The Kier molecular flexibility index (Phi) is 4.54. The Morgan fingerprint density at radius 1 is 1.11 bits per heavy atom. The van der Waals surface area contributed by atoms with Crippen molar-refractivity contribution in [3.63, 3.8) is 0 Å². The van der Waals surface area contributed by atoms with Crippen LogP contribution < -0.4 is 5.32 Å². The average molecular weight is 361 g/mol. The highest BCUT2D eigenvalue weighted by Crippen LogP contribution is 2.30. The second-order valence-electron chi connectivity index (χ2n) is 7.41. The quantitative estimate of drug-likeness (QED) is 0.747. The van der Waals surface area contributed by atoms with Crippen molar-refractivity contribution in [2.24, 2.45) is 0 Å². The zero-order valence-electron chi connectivity index (χ0n) is 15.5. The number of fused-ring (bicyclic) bond motifs is 1. The van der Waals surface area contributed by atoms with Gasteiger partial charge in [0.25, 0.3) is 5.91 Å². The van der Waals surface area contributed by atoms with Crippen molar-refractivity contribution in [3.05, 3.63) is 60.3 Å². The first kappa shape index (κ1) is 17.5. The summed E-state index contributed by atoms with van der Waals surface area (Å²) in [6.07, 6.45) is 3.67. The minimum atomic E-state index is -0.0330. The third kappa shape index (κ3) is 3.51. The molecular formula is C22H23N3O2. The summed E-state index contributed by atoms with van der Waals surface area (Å²) in [6.45, 7) is 0. The van der Waals surface area contributed by atoms with Gasteiger partial charge in [-0.05, 0) is 68.4 Å². The van der Waals surface area contributed by atoms with Gasteiger partial charge in [0, 0.05) is 29.2 Å². The van der Waals surface area contributed by atoms with Gasteiger partial charge in [0.15, 0.2) is 0 Å². The topological polar surface area (TPSA) is 65.5 Å². The second kappa shape index (κ2) is 7.00. The summed E-state index contributed by atoms with van der Waals surface area (Å²) < 4.78 is 0. The van der Waals surface area contributed by atoms with Crippen LogP contribution in [0.25, 0.3) is 22.0 Å². The fourth-order valence-corrected chi connectivity index (χ4v) is 3.55. The number of carbonyl (C=O) groups is 1. The maximum Gasteiger partial charge on any atom is 0.251 e. The van der Waals surface area contributed by atoms with E-state index in [1.165, 1.54) is 0 Å². The van der Waals surface area contributed by atoms with E-state index < -0.39 is 0 Å². The number of phenolic OH excluding ortho intramolecular Hbond substituents is 1. The number of hydrogen-bond donors (Lipinski definition) is 2. The van der Waals surface area contributed by atoms with Crippen molar-refractivity contribution in [2.45, 2.75) is 24.9 Å². The molecule has 1 aliphatic rings. The lowest BCUT2D eigenvalue weighted by Gasteiger charge is -2.39. The molecule has 5 heteroatoms. The molecule has 1 aromatic heterocycles. The number of pyridine rings is 1. The molecule has 2 N–H and O–H groups in total. The fraction of sp³-hybridized carbons (Fsp3) is 0.273. The number of benzene rings is 2. The summed E-state index contributed by atoms with van der Waals surface area (Å²) in [5, 5.41) is 14.2. The predicted octanol–water partition coefficient (Wildman–Crippen LogP) is 3.43. The van der Waals surface area contributed by atoms with E-state index in [1.54, 1.807) is 12.3 Å². The van der Waals surface area contributed by atoms with E-state index in [0.717, 1.165) is 29.4 Å². The first-order valence-electron chi connectivity index (χ1n) is 9.17. The normalized spacial score (nSPS) is 19.1. The molecule has 1 fully saturated rings. The molecule has 0 bridgehead atoms. The highest BCUT2D eigenvalue weighted by Gasteiger charge is 2.31. The summed E-state index contributed by atoms with van der Waals surface area (Å²) in [4.78, 5) is 18.8. The number of nitrogens with one attached hydrogen (secondary N) is 1. The van der Waals surface area contributed by atoms with E-state index in [4.69, 9.17) is 0 Å². The minimum Gasteiger partial charge on any atom is -0.506 e. The zero-order chi connectivity index (χ0) is 19.0. The number of aromatic nitrogens is 1. The number of nitrogens with zero attached hydrogens (tertiary/aromatic N) is 2. The molecule has 27 heavy (non-hydrogen) atoms. The van der Waals surface area contributed by atoms with Crippen LogP contribution in [0.4, 0.5) is 0 Å². The first-order chi connectivity index (χ1) is 13.0. The highest BCUT2D eigenvalue weighted by atomic mass is 16.3. The van der Waals surface area contributed by atoms with Crippen LogP contribution in [0.15, 0.2) is 54.7 Å². The highest BCUT2D eigenvalue weighted by molar-refractivity contribution is 5.95. The Bertz CT molecular complexity index is 977. The molecule has 0 atom stereocenters. The SMILES string of the molecule is CN(C)[C@H]1C[C@H](NC(=O)c2ccc(-c3cc(O)c4ncccc4c3)cc2)C1. The Hall–Kier alpha value is -2.92. The molecule has 5 nitrogen and oxygen atoms in total. The number of phenols is 1. The summed E-state index contributed by atoms with van der Waals surface area (Å²) in [6, 6.07) is 15.8. The molecule has 0 saturated heterocycles. The lowest BCUT2D eigenvalue weighted by molar-refractivity contribution is 0.0854. The molecule has 3 aromatic rings. The molecule has 138 valence electrons. The Balaban J connectivity index is 1.48. The summed E-state index contributed by atoms with van der Waals surface area (Å²) >= 11 is 0. The summed E-state index contributed by atoms with van der Waals surface area (Å²) in [7, 11) is 4.14. The number of amides is 1. The van der Waals surface area contributed by atoms with Crippen LogP contribution in [0.1, 0.15) is 23.2 Å². The van der Waals surface area contributed by atoms with Gasteiger partial charge in [-0.3, -0.25) is 9.78 Å². The van der Waals surface area contributed by atoms with Crippen LogP contribution in [-0.4, -0.2) is 47.1 Å². The average Bonchev–Trinajstić information content (AvgIpc) is 2.64. The van der Waals surface area contributed by atoms with E-state index in [1.807, 2.05) is 42.5 Å². The Morgan fingerprint density at radius 2 is 1.85 bits per heavy atom. The maximum absolute atomic E-state index is 12.4. The van der Waals surface area contributed by atoms with Crippen LogP contribution in [-0.2, 0) is 0 Å². The predicted molar refractivity (Wildman–Crippen MR) is 107 cm³/mol. The molecule has 1 amide bonds. The third-order valence-electron chi connectivity index (χ3n) is 5.34. The van der Waals surface area contributed by atoms with Crippen molar-refractivity contribution in [1.29, 1.82) is 0 Å². The number of rotatable bonds is 4. The molecule has 0 aliphatic heterocycles. The van der Waals surface area contributed by atoms with Crippen LogP contribution in [0.5, 0.6) is 5.75 Å². The van der Waals surface area contributed by atoms with Gasteiger partial charge in [-0.1, -0.05) is 18.2 Å². The van der Waals surface area contributed by atoms with E-state index >= 15 is 0 Å². The number of hydrogen-bond acceptors (Lipinski definition) is 4. The number of aromatic hydroxyl groups is 1. The molecule has 4 rings (SSSR count). The number of carbonyl (C=O) groups excluding carboxylic acids is 1. The molecule has 0 unspecified atom stereocenters. The van der Waals surface area contributed by atoms with Crippen molar-refractivity contribution in [2.75, 3.05) is 14.1 Å². The van der Waals surface area contributed by atoms with Gasteiger partial charge in [-0.25, -0.2) is 0 Å². The van der Waals surface area contributed by atoms with Gasteiger partial charge in [0.05, 0.1) is 0 Å². The van der Waals surface area contributed by atoms with Gasteiger partial charge in [-0.15, -0.1) is 0 Å². The van der Waals surface area contributed by atoms with E-state index in [-0.39, 0.29) is 17.7 Å². The second-order valence-corrected chi connectivity index (χ2v) is 7.41. The smallest absolute Gasteiger partial charge is 0.251 e. The lowest BCUT2D eigenvalue weighted by atomic mass is 9.86. The minimum absolute atomic E-state index is 0.0330. The molecule has 2 aromatic carbocycles. The van der Waals surface area contributed by atoms with Crippen molar-refractivity contribution < 1.29 is 9.90 Å². The maximum atomic E-state index is 12.4. The van der Waals surface area contributed by atoms with E-state index in [9.17, 15) is 9.90 Å². The largest absolute Gasteiger partial charge is 0.506 e. The Morgan fingerprint density at radius 3 is 2.56 bits per heavy atom. The third-order valence-corrected chi connectivity index (χ3v) is 5.34. The molecule has 1 aliphatic carbocycles. The summed E-state index contributed by atoms with van der Waals surface area (Å²) in [5.41, 5.74) is 3.09. The van der Waals surface area contributed by atoms with Crippen LogP contribution in [0, 0.1) is 0 Å². The standard InChI is InChI=1S/C22H23N3O2/c1-25(2)19-12-18(13-19)24-22(27)15-7-5-14(6-8-15)17-10-16-4-3-9-23-21(16)20(26)11-17/h3-11,18-19,26H,12-13H2,1-2H3,(H,24,27)/t18-,19-. The van der Waals surface area contributed by atoms with Crippen molar-refractivity contribution in [3.8, 4) is 16.9 Å². The van der Waals surface area contributed by atoms with Crippen LogP contribution >= 0.6 is 0 Å². The van der Waals surface area contributed by atoms with Crippen molar-refractivity contribution in [1.82, 2.24) is 15.2 Å². The molecule has 1 saturated carbocycles. The Labute approximate surface area is 158 Å². The van der Waals surface area contributed by atoms with Gasteiger partial charge >= 0.3 is 0 Å². The van der Waals surface area contributed by atoms with Crippen molar-refractivity contribution >= 4 is 16.8 Å². The zero-order valence-corrected chi connectivity index (χ0v) is 15.5. The summed E-state index contributed by atoms with van der Waals surface area (Å²) in [5.74, 6) is 0.125. The monoisotopic (exact) mass is 361 g/mol. The molecular weight excluding hydrogens is 338 g/mol. The fourth-order valence-electron chi connectivity index (χ4n) is 3.55. The van der Waals surface area contributed by atoms with Crippen LogP contribution in [0.3, 0.4) is 0 Å². The van der Waals surface area contributed by atoms with E-state index in [0.29, 0.717) is 17.1 Å². The van der Waals surface area contributed by atoms with E-state index in [2.05, 4.69) is 29.3 Å². The lowest BCUT2D eigenvalue weighted by Crippen LogP contribution is -2.51. The first-order valence-corrected chi connectivity index (χ1v) is 9.17. The van der Waals surface area contributed by atoms with Crippen LogP contribution in [0.2, 0.25) is 0 Å². The molecule has 1 heterocycles. The van der Waals surface area contributed by atoms with Gasteiger partial charge in [-0.2, -0.15) is 0 Å².